The van der Waals surface area contributed by atoms with Crippen LogP contribution in [0.15, 0.2) is 34.9 Å². The molecule has 6 heteroatoms. The highest BCUT2D eigenvalue weighted by Gasteiger charge is 2.35. The van der Waals surface area contributed by atoms with Crippen molar-refractivity contribution in [2.45, 2.75) is 13.8 Å². The van der Waals surface area contributed by atoms with Crippen LogP contribution >= 0.6 is 24.0 Å². The van der Waals surface area contributed by atoms with E-state index in [4.69, 9.17) is 17.0 Å². The first-order chi connectivity index (χ1) is 9.04. The van der Waals surface area contributed by atoms with E-state index in [0.717, 1.165) is 0 Å². The Bertz CT molecular complexity index is 554. The molecule has 100 valence electrons. The zero-order chi connectivity index (χ0) is 14.0. The van der Waals surface area contributed by atoms with Crippen molar-refractivity contribution >= 4 is 39.9 Å². The number of halogens is 1. The third kappa shape index (κ3) is 2.79. The number of hydrogen-bond donors (Lipinski definition) is 0. The standard InChI is InChI=1S/C13H12FNO2S2/c1-3-17-8(2)11-12(16)15(13(18)19-11)10-6-4-9(14)5-7-10/h4-7H,3H2,1-2H3. The number of thiocarbonyl (C=S) groups is 1. The lowest BCUT2D eigenvalue weighted by Gasteiger charge is -2.14. The summed E-state index contributed by atoms with van der Waals surface area (Å²) in [7, 11) is 0. The lowest BCUT2D eigenvalue weighted by Crippen LogP contribution is -2.27. The van der Waals surface area contributed by atoms with Crippen LogP contribution in [0.1, 0.15) is 13.8 Å². The lowest BCUT2D eigenvalue weighted by atomic mass is 10.3. The molecule has 0 radical (unpaired) electrons. The van der Waals surface area contributed by atoms with Crippen molar-refractivity contribution in [3.63, 3.8) is 0 Å². The van der Waals surface area contributed by atoms with Gasteiger partial charge in [0.2, 0.25) is 0 Å². The maximum absolute atomic E-state index is 12.9. The second kappa shape index (κ2) is 5.71. The molecule has 0 N–H and O–H groups in total. The van der Waals surface area contributed by atoms with Crippen LogP contribution in [0.25, 0.3) is 0 Å². The maximum atomic E-state index is 12.9. The van der Waals surface area contributed by atoms with Gasteiger partial charge in [0.05, 0.1) is 12.3 Å². The van der Waals surface area contributed by atoms with Crippen LogP contribution < -0.4 is 4.90 Å². The van der Waals surface area contributed by atoms with Crippen LogP contribution in [-0.4, -0.2) is 16.8 Å². The number of anilines is 1. The number of thioether (sulfide) groups is 1. The highest BCUT2D eigenvalue weighted by atomic mass is 32.2. The zero-order valence-corrected chi connectivity index (χ0v) is 12.1. The highest BCUT2D eigenvalue weighted by Crippen LogP contribution is 2.36. The Hall–Kier alpha value is -1.40. The molecule has 0 saturated carbocycles. The normalized spacial score (nSPS) is 17.9. The summed E-state index contributed by atoms with van der Waals surface area (Å²) >= 11 is 6.39. The molecule has 1 aliphatic rings. The first-order valence-corrected chi connectivity index (χ1v) is 6.92. The molecule has 2 rings (SSSR count). The highest BCUT2D eigenvalue weighted by molar-refractivity contribution is 8.27. The summed E-state index contributed by atoms with van der Waals surface area (Å²) in [5.41, 5.74) is 0.559. The SMILES string of the molecule is CCOC(C)=C1SC(=S)N(c2ccc(F)cc2)C1=O. The van der Waals surface area contributed by atoms with E-state index in [9.17, 15) is 9.18 Å². The summed E-state index contributed by atoms with van der Waals surface area (Å²) in [6.07, 6.45) is 0. The first kappa shape index (κ1) is 14.0. The van der Waals surface area contributed by atoms with Crippen LogP contribution in [-0.2, 0) is 9.53 Å². The summed E-state index contributed by atoms with van der Waals surface area (Å²) in [6.45, 7) is 4.08. The van der Waals surface area contributed by atoms with Crippen molar-refractivity contribution in [1.82, 2.24) is 0 Å². The summed E-state index contributed by atoms with van der Waals surface area (Å²) in [5.74, 6) is -0.0211. The topological polar surface area (TPSA) is 29.5 Å². The van der Waals surface area contributed by atoms with Gasteiger partial charge in [0, 0.05) is 0 Å². The van der Waals surface area contributed by atoms with E-state index < -0.39 is 0 Å². The van der Waals surface area contributed by atoms with Crippen LogP contribution in [0.3, 0.4) is 0 Å². The van der Waals surface area contributed by atoms with E-state index in [0.29, 0.717) is 27.3 Å². The van der Waals surface area contributed by atoms with E-state index in [1.807, 2.05) is 6.92 Å². The Kier molecular flexibility index (Phi) is 4.21. The van der Waals surface area contributed by atoms with Gasteiger partial charge in [0.1, 0.15) is 16.5 Å². The van der Waals surface area contributed by atoms with Gasteiger partial charge in [-0.25, -0.2) is 4.39 Å². The second-order valence-corrected chi connectivity index (χ2v) is 5.45. The molecule has 1 saturated heterocycles. The molecule has 19 heavy (non-hydrogen) atoms. The lowest BCUT2D eigenvalue weighted by molar-refractivity contribution is -0.113. The molecule has 3 nitrogen and oxygen atoms in total. The summed E-state index contributed by atoms with van der Waals surface area (Å²) < 4.78 is 18.7. The predicted molar refractivity (Wildman–Crippen MR) is 78.4 cm³/mol. The van der Waals surface area contributed by atoms with E-state index in [-0.39, 0.29) is 11.7 Å². The van der Waals surface area contributed by atoms with Crippen LogP contribution in [0.4, 0.5) is 10.1 Å². The Morgan fingerprint density at radius 1 is 1.42 bits per heavy atom. The molecule has 0 atom stereocenters. The number of benzene rings is 1. The molecule has 1 fully saturated rings. The number of nitrogens with zero attached hydrogens (tertiary/aromatic N) is 1. The molecule has 0 bridgehead atoms. The maximum Gasteiger partial charge on any atom is 0.274 e. The molecular weight excluding hydrogens is 285 g/mol. The van der Waals surface area contributed by atoms with Gasteiger partial charge in [-0.15, -0.1) is 0 Å². The number of carbonyl (C=O) groups is 1. The Morgan fingerprint density at radius 2 is 2.05 bits per heavy atom. The van der Waals surface area contributed by atoms with Gasteiger partial charge in [-0.2, -0.15) is 0 Å². The number of carbonyl (C=O) groups excluding carboxylic acids is 1. The zero-order valence-electron chi connectivity index (χ0n) is 10.5. The molecule has 1 aromatic carbocycles. The quantitative estimate of drug-likeness (QED) is 0.485. The van der Waals surface area contributed by atoms with Crippen LogP contribution in [0, 0.1) is 5.82 Å². The largest absolute Gasteiger partial charge is 0.497 e. The third-order valence-corrected chi connectivity index (χ3v) is 3.99. The fourth-order valence-corrected chi connectivity index (χ4v) is 2.95. The predicted octanol–water partition coefficient (Wildman–Crippen LogP) is 3.46. The number of ether oxygens (including phenoxy) is 1. The smallest absolute Gasteiger partial charge is 0.274 e. The Balaban J connectivity index is 2.34. The molecule has 1 aliphatic heterocycles. The molecule has 0 unspecified atom stereocenters. The summed E-state index contributed by atoms with van der Waals surface area (Å²) in [6, 6.07) is 5.65. The van der Waals surface area contributed by atoms with Crippen molar-refractivity contribution in [1.29, 1.82) is 0 Å². The third-order valence-electron chi connectivity index (χ3n) is 2.53. The summed E-state index contributed by atoms with van der Waals surface area (Å²) in [5, 5.41) is 0. The van der Waals surface area contributed by atoms with Gasteiger partial charge in [-0.1, -0.05) is 24.0 Å². The van der Waals surface area contributed by atoms with E-state index in [1.165, 1.54) is 40.9 Å². The minimum atomic E-state index is -0.352. The minimum Gasteiger partial charge on any atom is -0.497 e. The monoisotopic (exact) mass is 297 g/mol. The van der Waals surface area contributed by atoms with Crippen molar-refractivity contribution < 1.29 is 13.9 Å². The molecule has 0 aromatic heterocycles. The fourth-order valence-electron chi connectivity index (χ4n) is 1.68. The van der Waals surface area contributed by atoms with E-state index >= 15 is 0 Å². The van der Waals surface area contributed by atoms with Gasteiger partial charge in [-0.05, 0) is 38.1 Å². The molecule has 1 amide bonds. The first-order valence-electron chi connectivity index (χ1n) is 5.70. The van der Waals surface area contributed by atoms with Gasteiger partial charge >= 0.3 is 0 Å². The van der Waals surface area contributed by atoms with Crippen molar-refractivity contribution in [2.24, 2.45) is 0 Å². The van der Waals surface area contributed by atoms with Crippen molar-refractivity contribution in [3.05, 3.63) is 40.7 Å². The van der Waals surface area contributed by atoms with Crippen molar-refractivity contribution in [3.8, 4) is 0 Å². The number of allylic oxidation sites excluding steroid dienone is 1. The van der Waals surface area contributed by atoms with Gasteiger partial charge in [0.25, 0.3) is 5.91 Å². The van der Waals surface area contributed by atoms with Gasteiger partial charge in [-0.3, -0.25) is 9.69 Å². The molecule has 0 aliphatic carbocycles. The van der Waals surface area contributed by atoms with Crippen LogP contribution in [0.5, 0.6) is 0 Å². The van der Waals surface area contributed by atoms with E-state index in [2.05, 4.69) is 0 Å². The van der Waals surface area contributed by atoms with E-state index in [1.54, 1.807) is 6.92 Å². The average Bonchev–Trinajstić information content (AvgIpc) is 2.67. The minimum absolute atomic E-state index is 0.229. The fraction of sp³-hybridized carbons (Fsp3) is 0.231. The second-order valence-electron chi connectivity index (χ2n) is 3.80. The molecule has 1 aromatic rings. The Labute approximate surface area is 120 Å². The molecular formula is C13H12FNO2S2. The molecule has 0 spiro atoms. The van der Waals surface area contributed by atoms with Crippen molar-refractivity contribution in [2.75, 3.05) is 11.5 Å². The van der Waals surface area contributed by atoms with Gasteiger partial charge in [0.15, 0.2) is 4.32 Å². The van der Waals surface area contributed by atoms with Crippen LogP contribution in [0.2, 0.25) is 0 Å². The number of amides is 1. The van der Waals surface area contributed by atoms with Gasteiger partial charge < -0.3 is 4.74 Å². The Morgan fingerprint density at radius 3 is 2.63 bits per heavy atom. The molecule has 1 heterocycles. The summed E-state index contributed by atoms with van der Waals surface area (Å²) in [4.78, 5) is 14.2. The number of rotatable bonds is 3. The number of hydrogen-bond acceptors (Lipinski definition) is 4. The average molecular weight is 297 g/mol.